The van der Waals surface area contributed by atoms with E-state index in [1.807, 2.05) is 78.9 Å². The first-order chi connectivity index (χ1) is 25.5. The van der Waals surface area contributed by atoms with Gasteiger partial charge in [-0.2, -0.15) is 0 Å². The molecular weight excluding hydrogens is 706 g/mol. The van der Waals surface area contributed by atoms with Crippen molar-refractivity contribution in [1.29, 1.82) is 0 Å². The van der Waals surface area contributed by atoms with Gasteiger partial charge < -0.3 is 24.4 Å². The minimum absolute atomic E-state index is 0.0658. The number of aliphatic hydroxyl groups excluding tert-OH is 1. The first-order valence-corrected chi connectivity index (χ1v) is 21.7. The van der Waals surface area contributed by atoms with Crippen molar-refractivity contribution in [3.63, 3.8) is 0 Å². The van der Waals surface area contributed by atoms with Crippen molar-refractivity contribution in [2.24, 2.45) is 5.92 Å². The molecule has 276 valence electrons. The number of para-hydroxylation sites is 1. The first-order valence-electron chi connectivity index (χ1n) is 18.3. The molecule has 3 aliphatic rings. The van der Waals surface area contributed by atoms with Crippen LogP contribution in [0.15, 0.2) is 97.1 Å². The van der Waals surface area contributed by atoms with E-state index >= 15 is 4.79 Å². The van der Waals surface area contributed by atoms with Gasteiger partial charge in [0.2, 0.25) is 12.3 Å². The summed E-state index contributed by atoms with van der Waals surface area (Å²) in [6, 6.07) is 30.5. The van der Waals surface area contributed by atoms with Gasteiger partial charge in [-0.15, -0.1) is 0 Å². The molecule has 2 saturated heterocycles. The fourth-order valence-electron chi connectivity index (χ4n) is 9.13. The van der Waals surface area contributed by atoms with Crippen LogP contribution in [0.5, 0.6) is 5.75 Å². The third kappa shape index (κ3) is 6.45. The zero-order chi connectivity index (χ0) is 37.5. The van der Waals surface area contributed by atoms with E-state index in [2.05, 4.69) is 32.2 Å². The molecule has 9 nitrogen and oxygen atoms in total. The standard InChI is InChI=1S/C42H46ClN3O6Si/c1-28-40(53(3,4)35-18-16-34(51-2)17-19-35)38(24-39(49)44-21-9-14-33(44)26-47)52-42(28)36-23-30(43)15-20-37(36)45(41(42)50)25-29-10-8-13-32(22-29)46(27-48)31-11-6-5-7-12-31/h5-8,10-13,15-20,22-23,27-28,33,38,40,47H,9,14,21,24-26H2,1-4H3/t28-,33-,38+,40-,42+/m0/s1. The summed E-state index contributed by atoms with van der Waals surface area (Å²) in [7, 11) is -0.849. The van der Waals surface area contributed by atoms with Crippen LogP contribution < -0.4 is 19.7 Å². The van der Waals surface area contributed by atoms with Crippen LogP contribution in [0.2, 0.25) is 23.7 Å². The highest BCUT2D eigenvalue weighted by Gasteiger charge is 2.66. The van der Waals surface area contributed by atoms with Gasteiger partial charge in [0, 0.05) is 34.4 Å². The third-order valence-electron chi connectivity index (χ3n) is 11.8. The summed E-state index contributed by atoms with van der Waals surface area (Å²) in [5.74, 6) is 0.178. The number of nitrogens with zero attached hydrogens (tertiary/aromatic N) is 3. The Morgan fingerprint density at radius 3 is 2.47 bits per heavy atom. The molecule has 1 N–H and O–H groups in total. The van der Waals surface area contributed by atoms with Crippen LogP contribution >= 0.6 is 11.6 Å². The van der Waals surface area contributed by atoms with Crippen LogP contribution in [0.1, 0.15) is 37.3 Å². The zero-order valence-electron chi connectivity index (χ0n) is 30.6. The lowest BCUT2D eigenvalue weighted by atomic mass is 9.82. The van der Waals surface area contributed by atoms with Gasteiger partial charge in [0.15, 0.2) is 5.60 Å². The molecule has 0 aromatic heterocycles. The van der Waals surface area contributed by atoms with Crippen molar-refractivity contribution in [3.8, 4) is 5.75 Å². The van der Waals surface area contributed by atoms with Crippen molar-refractivity contribution >= 4 is 60.1 Å². The Morgan fingerprint density at radius 1 is 1.04 bits per heavy atom. The molecule has 0 aliphatic carbocycles. The molecule has 5 atom stereocenters. The maximum Gasteiger partial charge on any atom is 0.264 e. The topological polar surface area (TPSA) is 99.6 Å². The highest BCUT2D eigenvalue weighted by atomic mass is 35.5. The van der Waals surface area contributed by atoms with Gasteiger partial charge in [-0.3, -0.25) is 19.3 Å². The lowest BCUT2D eigenvalue weighted by molar-refractivity contribution is -0.150. The Morgan fingerprint density at radius 2 is 1.77 bits per heavy atom. The normalized spacial score (nSPS) is 23.8. The Bertz CT molecular complexity index is 1990. The average molecular weight is 752 g/mol. The minimum Gasteiger partial charge on any atom is -0.497 e. The molecule has 0 bridgehead atoms. The lowest BCUT2D eigenvalue weighted by Crippen LogP contribution is -2.52. The van der Waals surface area contributed by atoms with Crippen LogP contribution in [0.25, 0.3) is 0 Å². The Labute approximate surface area is 317 Å². The number of ether oxygens (including phenoxy) is 2. The number of amides is 3. The number of carbonyl (C=O) groups is 3. The van der Waals surface area contributed by atoms with Gasteiger partial charge in [-0.1, -0.05) is 79.3 Å². The Balaban J connectivity index is 1.28. The quantitative estimate of drug-likeness (QED) is 0.134. The van der Waals surface area contributed by atoms with Crippen molar-refractivity contribution in [2.75, 3.05) is 30.1 Å². The third-order valence-corrected chi connectivity index (χ3v) is 16.3. The van der Waals surface area contributed by atoms with E-state index in [1.165, 1.54) is 5.19 Å². The van der Waals surface area contributed by atoms with Crippen LogP contribution in [-0.4, -0.2) is 68.7 Å². The van der Waals surface area contributed by atoms with E-state index in [-0.39, 0.29) is 48.9 Å². The van der Waals surface area contributed by atoms with E-state index in [0.717, 1.165) is 36.3 Å². The molecule has 3 amide bonds. The van der Waals surface area contributed by atoms with Crippen LogP contribution in [0, 0.1) is 5.92 Å². The smallest absolute Gasteiger partial charge is 0.264 e. The predicted octanol–water partition coefficient (Wildman–Crippen LogP) is 6.78. The van der Waals surface area contributed by atoms with Gasteiger partial charge in [0.05, 0.1) is 52.6 Å². The van der Waals surface area contributed by atoms with Gasteiger partial charge in [0.25, 0.3) is 5.91 Å². The number of methoxy groups -OCH3 is 1. The van der Waals surface area contributed by atoms with Crippen molar-refractivity contribution < 1.29 is 29.0 Å². The molecule has 4 aromatic rings. The molecule has 3 aliphatic heterocycles. The molecule has 11 heteroatoms. The summed E-state index contributed by atoms with van der Waals surface area (Å²) in [5.41, 5.74) is 2.14. The summed E-state index contributed by atoms with van der Waals surface area (Å²) in [6.45, 7) is 7.42. The number of rotatable bonds is 11. The number of hydrogen-bond donors (Lipinski definition) is 1. The fourth-order valence-corrected chi connectivity index (χ4v) is 13.3. The number of halogens is 1. The van der Waals surface area contributed by atoms with Gasteiger partial charge in [-0.05, 0) is 78.5 Å². The number of hydrogen-bond acceptors (Lipinski definition) is 6. The second-order valence-corrected chi connectivity index (χ2v) is 20.1. The van der Waals surface area contributed by atoms with E-state index in [0.29, 0.717) is 28.5 Å². The molecule has 0 radical (unpaired) electrons. The monoisotopic (exact) mass is 751 g/mol. The Hall–Kier alpha value is -4.48. The fraction of sp³-hybridized carbons (Fsp3) is 0.357. The van der Waals surface area contributed by atoms with E-state index in [1.54, 1.807) is 27.9 Å². The first kappa shape index (κ1) is 36.9. The number of benzene rings is 4. The molecule has 2 fully saturated rings. The number of fused-ring (bicyclic) bond motifs is 2. The number of anilines is 3. The van der Waals surface area contributed by atoms with Crippen LogP contribution in [0.3, 0.4) is 0 Å². The predicted molar refractivity (Wildman–Crippen MR) is 210 cm³/mol. The number of likely N-dealkylation sites (tertiary alicyclic amines) is 1. The van der Waals surface area contributed by atoms with Crippen LogP contribution in [0.4, 0.5) is 17.1 Å². The maximum absolute atomic E-state index is 15.2. The molecule has 53 heavy (non-hydrogen) atoms. The average Bonchev–Trinajstić information content (AvgIpc) is 3.83. The maximum atomic E-state index is 15.2. The molecule has 0 unspecified atom stereocenters. The number of aliphatic hydroxyl groups is 1. The van der Waals surface area contributed by atoms with Crippen molar-refractivity contribution in [2.45, 2.75) is 69.1 Å². The molecule has 4 aromatic carbocycles. The van der Waals surface area contributed by atoms with E-state index in [9.17, 15) is 14.7 Å². The summed E-state index contributed by atoms with van der Waals surface area (Å²) in [5, 5.41) is 11.7. The molecule has 7 rings (SSSR count). The van der Waals surface area contributed by atoms with Crippen molar-refractivity contribution in [1.82, 2.24) is 4.90 Å². The molecule has 0 saturated carbocycles. The number of carbonyl (C=O) groups excluding carboxylic acids is 3. The SMILES string of the molecule is COc1ccc([Si](C)(C)[C@@H]2[C@@H](CC(=O)N3CCC[C@H]3CO)O[C@]3(C(=O)N(Cc4cccc(N(C=O)c5ccccc5)c4)c4ccc(Cl)cc43)[C@H]2C)cc1. The van der Waals surface area contributed by atoms with E-state index in [4.69, 9.17) is 21.1 Å². The second-order valence-electron chi connectivity index (χ2n) is 15.0. The summed E-state index contributed by atoms with van der Waals surface area (Å²) < 4.78 is 12.6. The molecular formula is C42H46ClN3O6Si. The summed E-state index contributed by atoms with van der Waals surface area (Å²) >= 11 is 6.70. The van der Waals surface area contributed by atoms with E-state index < -0.39 is 19.8 Å². The molecule has 1 spiro atoms. The largest absolute Gasteiger partial charge is 0.497 e. The van der Waals surface area contributed by atoms with Crippen LogP contribution in [-0.2, 0) is 31.3 Å². The molecule has 3 heterocycles. The Kier molecular flexibility index (Phi) is 10.3. The highest BCUT2D eigenvalue weighted by Crippen LogP contribution is 2.60. The summed E-state index contributed by atoms with van der Waals surface area (Å²) in [6.07, 6.45) is 1.94. The summed E-state index contributed by atoms with van der Waals surface area (Å²) in [4.78, 5) is 46.7. The minimum atomic E-state index is -2.49. The van der Waals surface area contributed by atoms with Crippen molar-refractivity contribution in [3.05, 3.63) is 113 Å². The lowest BCUT2D eigenvalue weighted by Gasteiger charge is -2.37. The highest BCUT2D eigenvalue weighted by molar-refractivity contribution is 6.91. The zero-order valence-corrected chi connectivity index (χ0v) is 32.3. The second kappa shape index (κ2) is 14.7. The van der Waals surface area contributed by atoms with Gasteiger partial charge >= 0.3 is 0 Å². The van der Waals surface area contributed by atoms with Gasteiger partial charge in [0.1, 0.15) is 5.75 Å². The van der Waals surface area contributed by atoms with Gasteiger partial charge in [-0.25, -0.2) is 0 Å².